The van der Waals surface area contributed by atoms with Crippen LogP contribution in [0.25, 0.3) is 6.08 Å². The maximum atomic E-state index is 10.8. The largest absolute Gasteiger partial charge is 0.370 e. The van der Waals surface area contributed by atoms with Crippen LogP contribution in [0.1, 0.15) is 30.9 Å². The Bertz CT molecular complexity index is 355. The molecule has 2 N–H and O–H groups in total. The van der Waals surface area contributed by atoms with Crippen molar-refractivity contribution in [2.75, 3.05) is 0 Å². The molecule has 0 heterocycles. The molecular weight excluding hydrogens is 202 g/mol. The fourth-order valence-corrected chi connectivity index (χ4v) is 1.38. The SMILES string of the molecule is CCCCc1ccc(C=CC(=O)ON)cc1. The molecule has 0 unspecified atom stereocenters. The van der Waals surface area contributed by atoms with Gasteiger partial charge in [-0.15, -0.1) is 0 Å². The first-order chi connectivity index (χ1) is 7.76. The van der Waals surface area contributed by atoms with E-state index in [-0.39, 0.29) is 0 Å². The molecule has 0 aromatic heterocycles. The normalized spacial score (nSPS) is 10.6. The smallest absolute Gasteiger partial charge is 0.349 e. The lowest BCUT2D eigenvalue weighted by Gasteiger charge is -2.00. The van der Waals surface area contributed by atoms with Crippen molar-refractivity contribution in [3.63, 3.8) is 0 Å². The molecule has 1 rings (SSSR count). The number of rotatable bonds is 5. The van der Waals surface area contributed by atoms with E-state index in [9.17, 15) is 4.79 Å². The Morgan fingerprint density at radius 1 is 1.38 bits per heavy atom. The zero-order chi connectivity index (χ0) is 11.8. The van der Waals surface area contributed by atoms with E-state index >= 15 is 0 Å². The average molecular weight is 219 g/mol. The lowest BCUT2D eigenvalue weighted by atomic mass is 10.1. The number of aryl methyl sites for hydroxylation is 1. The van der Waals surface area contributed by atoms with Crippen LogP contribution in [0.2, 0.25) is 0 Å². The number of benzene rings is 1. The molecule has 3 nitrogen and oxygen atoms in total. The monoisotopic (exact) mass is 219 g/mol. The van der Waals surface area contributed by atoms with Crippen molar-refractivity contribution in [3.05, 3.63) is 41.5 Å². The molecule has 3 heteroatoms. The standard InChI is InChI=1S/C13H17NO2/c1-2-3-4-11-5-7-12(8-6-11)9-10-13(15)16-14/h5-10H,2-4,14H2,1H3. The third-order valence-electron chi connectivity index (χ3n) is 2.33. The minimum absolute atomic E-state index is 0.546. The Hall–Kier alpha value is -1.61. The van der Waals surface area contributed by atoms with E-state index < -0.39 is 5.97 Å². The number of carbonyl (C=O) groups is 1. The van der Waals surface area contributed by atoms with Gasteiger partial charge < -0.3 is 4.84 Å². The van der Waals surface area contributed by atoms with E-state index in [1.54, 1.807) is 6.08 Å². The second-order valence-corrected chi connectivity index (χ2v) is 3.62. The molecule has 86 valence electrons. The van der Waals surface area contributed by atoms with E-state index in [2.05, 4.69) is 23.9 Å². The van der Waals surface area contributed by atoms with Crippen molar-refractivity contribution in [1.29, 1.82) is 0 Å². The summed E-state index contributed by atoms with van der Waals surface area (Å²) in [5.41, 5.74) is 2.28. The lowest BCUT2D eigenvalue weighted by Crippen LogP contribution is -2.05. The maximum absolute atomic E-state index is 10.8. The van der Waals surface area contributed by atoms with Crippen LogP contribution >= 0.6 is 0 Å². The third kappa shape index (κ3) is 4.28. The molecule has 0 fully saturated rings. The quantitative estimate of drug-likeness (QED) is 0.611. The van der Waals surface area contributed by atoms with Crippen LogP contribution in [0, 0.1) is 0 Å². The average Bonchev–Trinajstić information content (AvgIpc) is 2.34. The number of hydrogen-bond acceptors (Lipinski definition) is 3. The fraction of sp³-hybridized carbons (Fsp3) is 0.308. The Morgan fingerprint density at radius 2 is 2.06 bits per heavy atom. The second kappa shape index (κ2) is 6.80. The second-order valence-electron chi connectivity index (χ2n) is 3.62. The highest BCUT2D eigenvalue weighted by Crippen LogP contribution is 2.09. The lowest BCUT2D eigenvalue weighted by molar-refractivity contribution is -0.138. The first-order valence-corrected chi connectivity index (χ1v) is 5.44. The van der Waals surface area contributed by atoms with Gasteiger partial charge in [0.2, 0.25) is 0 Å². The van der Waals surface area contributed by atoms with Gasteiger partial charge in [0.05, 0.1) is 0 Å². The summed E-state index contributed by atoms with van der Waals surface area (Å²) in [5, 5.41) is 0. The molecule has 0 saturated carbocycles. The van der Waals surface area contributed by atoms with Gasteiger partial charge in [-0.25, -0.2) is 4.79 Å². The summed E-state index contributed by atoms with van der Waals surface area (Å²) < 4.78 is 0. The molecule has 1 aromatic carbocycles. The van der Waals surface area contributed by atoms with Gasteiger partial charge in [-0.2, -0.15) is 5.90 Å². The highest BCUT2D eigenvalue weighted by Gasteiger charge is 1.94. The van der Waals surface area contributed by atoms with Gasteiger partial charge in [-0.3, -0.25) is 0 Å². The van der Waals surface area contributed by atoms with Crippen molar-refractivity contribution in [1.82, 2.24) is 0 Å². The Balaban J connectivity index is 2.57. The summed E-state index contributed by atoms with van der Waals surface area (Å²) in [6.07, 6.45) is 6.49. The van der Waals surface area contributed by atoms with E-state index in [1.807, 2.05) is 12.1 Å². The molecule has 0 atom stereocenters. The molecule has 0 radical (unpaired) electrons. The van der Waals surface area contributed by atoms with Gasteiger partial charge in [0.25, 0.3) is 0 Å². The Kier molecular flexibility index (Phi) is 5.29. The fourth-order valence-electron chi connectivity index (χ4n) is 1.38. The molecule has 0 saturated heterocycles. The van der Waals surface area contributed by atoms with Crippen LogP contribution in [0.5, 0.6) is 0 Å². The van der Waals surface area contributed by atoms with Gasteiger partial charge in [0.1, 0.15) is 0 Å². The molecule has 0 spiro atoms. The first-order valence-electron chi connectivity index (χ1n) is 5.44. The number of hydrogen-bond donors (Lipinski definition) is 1. The molecule has 16 heavy (non-hydrogen) atoms. The van der Waals surface area contributed by atoms with E-state index in [1.165, 1.54) is 24.5 Å². The van der Waals surface area contributed by atoms with Crippen molar-refractivity contribution < 1.29 is 9.63 Å². The zero-order valence-corrected chi connectivity index (χ0v) is 9.48. The molecule has 0 amide bonds. The van der Waals surface area contributed by atoms with Crippen LogP contribution in [0.15, 0.2) is 30.3 Å². The number of nitrogens with two attached hydrogens (primary N) is 1. The highest BCUT2D eigenvalue weighted by atomic mass is 16.7. The van der Waals surface area contributed by atoms with Crippen LogP contribution < -0.4 is 5.90 Å². The number of unbranched alkanes of at least 4 members (excludes halogenated alkanes) is 1. The predicted octanol–water partition coefficient (Wildman–Crippen LogP) is 2.46. The van der Waals surface area contributed by atoms with E-state index in [0.717, 1.165) is 12.0 Å². The molecule has 0 aliphatic heterocycles. The Morgan fingerprint density at radius 3 is 2.62 bits per heavy atom. The zero-order valence-electron chi connectivity index (χ0n) is 9.48. The van der Waals surface area contributed by atoms with Crippen molar-refractivity contribution in [2.24, 2.45) is 5.90 Å². The Labute approximate surface area is 95.9 Å². The summed E-state index contributed by atoms with van der Waals surface area (Å²) in [4.78, 5) is 14.8. The summed E-state index contributed by atoms with van der Waals surface area (Å²) >= 11 is 0. The van der Waals surface area contributed by atoms with Gasteiger partial charge in [0.15, 0.2) is 0 Å². The van der Waals surface area contributed by atoms with Crippen LogP contribution in [0.3, 0.4) is 0 Å². The third-order valence-corrected chi connectivity index (χ3v) is 2.33. The topological polar surface area (TPSA) is 52.3 Å². The predicted molar refractivity (Wildman–Crippen MR) is 64.4 cm³/mol. The minimum atomic E-state index is -0.546. The number of carbonyl (C=O) groups excluding carboxylic acids is 1. The highest BCUT2D eigenvalue weighted by molar-refractivity contribution is 5.86. The molecule has 1 aromatic rings. The first kappa shape index (κ1) is 12.5. The summed E-state index contributed by atoms with van der Waals surface area (Å²) in [5.74, 6) is 4.17. The van der Waals surface area contributed by atoms with E-state index in [4.69, 9.17) is 5.90 Å². The van der Waals surface area contributed by atoms with E-state index in [0.29, 0.717) is 0 Å². The van der Waals surface area contributed by atoms with Crippen molar-refractivity contribution in [3.8, 4) is 0 Å². The minimum Gasteiger partial charge on any atom is -0.370 e. The molecular formula is C13H17NO2. The van der Waals surface area contributed by atoms with Crippen molar-refractivity contribution >= 4 is 12.0 Å². The summed E-state index contributed by atoms with van der Waals surface area (Å²) in [6, 6.07) is 8.10. The summed E-state index contributed by atoms with van der Waals surface area (Å²) in [6.45, 7) is 2.18. The summed E-state index contributed by atoms with van der Waals surface area (Å²) in [7, 11) is 0. The molecule has 0 aliphatic rings. The van der Waals surface area contributed by atoms with Crippen molar-refractivity contribution in [2.45, 2.75) is 26.2 Å². The molecule has 0 bridgehead atoms. The maximum Gasteiger partial charge on any atom is 0.349 e. The van der Waals surface area contributed by atoms with Gasteiger partial charge in [0, 0.05) is 6.08 Å². The van der Waals surface area contributed by atoms with Gasteiger partial charge in [-0.1, -0.05) is 37.6 Å². The van der Waals surface area contributed by atoms with Crippen LogP contribution in [-0.2, 0) is 16.1 Å². The van der Waals surface area contributed by atoms with Crippen LogP contribution in [-0.4, -0.2) is 5.97 Å². The molecule has 0 aliphatic carbocycles. The van der Waals surface area contributed by atoms with Gasteiger partial charge >= 0.3 is 5.97 Å². The van der Waals surface area contributed by atoms with Gasteiger partial charge in [-0.05, 0) is 30.0 Å². The van der Waals surface area contributed by atoms with Crippen LogP contribution in [0.4, 0.5) is 0 Å².